The highest BCUT2D eigenvalue weighted by molar-refractivity contribution is 7.05. The molecule has 8 rings (SSSR count). The van der Waals surface area contributed by atoms with Gasteiger partial charge in [-0.2, -0.15) is 0 Å². The number of aromatic nitrogens is 2. The smallest absolute Gasteiger partial charge is 0.350 e. The molecule has 0 saturated carbocycles. The van der Waals surface area contributed by atoms with E-state index in [1.807, 2.05) is 0 Å². The van der Waals surface area contributed by atoms with Gasteiger partial charge in [-0.15, -0.1) is 11.5 Å². The highest BCUT2D eigenvalue weighted by Crippen LogP contribution is 2.36. The number of aliphatic imine (C=N–C) groups is 1. The van der Waals surface area contributed by atoms with Crippen molar-refractivity contribution in [1.29, 1.82) is 0 Å². The second-order valence-electron chi connectivity index (χ2n) is 8.54. The summed E-state index contributed by atoms with van der Waals surface area (Å²) in [6, 6.07) is 25.6. The minimum absolute atomic E-state index is 0.371. The molecule has 0 radical (unpaired) electrons. The predicted octanol–water partition coefficient (Wildman–Crippen LogP) is 4.45. The van der Waals surface area contributed by atoms with Crippen LogP contribution in [0.4, 0.5) is 0 Å². The molecule has 3 aromatic carbocycles. The molecule has 0 unspecified atom stereocenters. The Kier molecular flexibility index (Phi) is 3.02. The summed E-state index contributed by atoms with van der Waals surface area (Å²) in [5.41, 5.74) is 6.53. The summed E-state index contributed by atoms with van der Waals surface area (Å²) < 4.78 is 4.51. The maximum absolute atomic E-state index is 7.31. The molecule has 3 aliphatic heterocycles. The van der Waals surface area contributed by atoms with Crippen LogP contribution in [0, 0.1) is 0 Å². The van der Waals surface area contributed by atoms with Crippen LogP contribution in [0.2, 0.25) is 0 Å². The molecule has 0 aliphatic carbocycles. The maximum Gasteiger partial charge on any atom is 0.495 e. The van der Waals surface area contributed by atoms with Crippen LogP contribution < -0.4 is 10.7 Å². The molecular formula is C27H15BClN3. The van der Waals surface area contributed by atoms with Gasteiger partial charge in [0, 0.05) is 54.8 Å². The van der Waals surface area contributed by atoms with Crippen LogP contribution in [0.15, 0.2) is 77.8 Å². The molecule has 0 atom stereocenters. The Labute approximate surface area is 188 Å². The molecule has 32 heavy (non-hydrogen) atoms. The lowest BCUT2D eigenvalue weighted by Gasteiger charge is -2.20. The van der Waals surface area contributed by atoms with Gasteiger partial charge < -0.3 is 8.96 Å². The Hall–Kier alpha value is -3.76. The molecule has 4 bridgehead atoms. The van der Waals surface area contributed by atoms with Crippen molar-refractivity contribution < 1.29 is 0 Å². The second kappa shape index (κ2) is 5.73. The van der Waals surface area contributed by atoms with Gasteiger partial charge >= 0.3 is 6.40 Å². The van der Waals surface area contributed by atoms with Gasteiger partial charge in [0.15, 0.2) is 0 Å². The molecule has 5 heterocycles. The highest BCUT2D eigenvalue weighted by atomic mass is 35.5. The van der Waals surface area contributed by atoms with Gasteiger partial charge in [0.2, 0.25) is 0 Å². The molecular weight excluding hydrogens is 413 g/mol. The molecule has 0 saturated heterocycles. The average molecular weight is 428 g/mol. The predicted molar refractivity (Wildman–Crippen MR) is 134 cm³/mol. The van der Waals surface area contributed by atoms with Crippen LogP contribution in [-0.2, 0) is 0 Å². The number of fused-ring (bicyclic) bond motifs is 10. The minimum Gasteiger partial charge on any atom is -0.350 e. The van der Waals surface area contributed by atoms with Gasteiger partial charge in [-0.25, -0.2) is 4.99 Å². The molecule has 0 fully saturated rings. The van der Waals surface area contributed by atoms with Gasteiger partial charge in [-0.1, -0.05) is 72.8 Å². The molecule has 0 N–H and O–H groups in total. The van der Waals surface area contributed by atoms with Crippen molar-refractivity contribution in [2.24, 2.45) is 4.99 Å². The Balaban J connectivity index is 1.69. The third-order valence-corrected chi connectivity index (χ3v) is 7.35. The zero-order valence-electron chi connectivity index (χ0n) is 17.0. The Morgan fingerprint density at radius 2 is 1.16 bits per heavy atom. The summed E-state index contributed by atoms with van der Waals surface area (Å²) in [6.07, 6.45) is 6.33. The number of nitrogens with zero attached hydrogens (tertiary/aromatic N) is 3. The van der Waals surface area contributed by atoms with Gasteiger partial charge in [0.25, 0.3) is 0 Å². The summed E-state index contributed by atoms with van der Waals surface area (Å²) in [7, 11) is 0. The summed E-state index contributed by atoms with van der Waals surface area (Å²) >= 11 is 7.31. The Morgan fingerprint density at radius 1 is 0.594 bits per heavy atom. The lowest BCUT2D eigenvalue weighted by Crippen LogP contribution is -2.46. The van der Waals surface area contributed by atoms with E-state index >= 15 is 0 Å². The van der Waals surface area contributed by atoms with Crippen molar-refractivity contribution in [3.63, 3.8) is 0 Å². The summed E-state index contributed by atoms with van der Waals surface area (Å²) in [6.45, 7) is 0. The number of rotatable bonds is 0. The molecule has 5 aromatic rings. The van der Waals surface area contributed by atoms with Crippen molar-refractivity contribution in [3.8, 4) is 0 Å². The fourth-order valence-corrected chi connectivity index (χ4v) is 6.01. The fourth-order valence-electron chi connectivity index (χ4n) is 5.59. The normalized spacial score (nSPS) is 15.2. The Bertz CT molecular complexity index is 1850. The Morgan fingerprint density at radius 3 is 1.88 bits per heavy atom. The first-order chi connectivity index (χ1) is 15.8. The van der Waals surface area contributed by atoms with Gasteiger partial charge in [0.1, 0.15) is 0 Å². The molecule has 0 amide bonds. The van der Waals surface area contributed by atoms with E-state index in [0.29, 0.717) is 0 Å². The third kappa shape index (κ3) is 1.92. The van der Waals surface area contributed by atoms with Gasteiger partial charge in [-0.3, -0.25) is 0 Å². The summed E-state index contributed by atoms with van der Waals surface area (Å²) in [4.78, 5) is 5.10. The van der Waals surface area contributed by atoms with E-state index in [4.69, 9.17) is 16.5 Å². The van der Waals surface area contributed by atoms with E-state index < -0.39 is 0 Å². The van der Waals surface area contributed by atoms with Crippen molar-refractivity contribution in [2.75, 3.05) is 0 Å². The average Bonchev–Trinajstić information content (AvgIpc) is 3.45. The number of hydrogen-bond acceptors (Lipinski definition) is 1. The van der Waals surface area contributed by atoms with Crippen molar-refractivity contribution >= 4 is 69.0 Å². The molecule has 2 aromatic heterocycles. The first kappa shape index (κ1) is 16.9. The van der Waals surface area contributed by atoms with E-state index in [1.165, 1.54) is 21.5 Å². The molecule has 0 spiro atoms. The first-order valence-corrected chi connectivity index (χ1v) is 11.2. The quantitative estimate of drug-likeness (QED) is 0.326. The standard InChI is InChI=1S/C27H15BClN3/c29-28-31-24-13-22-16-7-1-2-8-17(16)23(30-22)14-25-19-10-4-6-12-21(19)27(32(25)28)15-26(31)20-11-5-3-9-18(20)24/h1-15H. The maximum atomic E-state index is 7.31. The van der Waals surface area contributed by atoms with Crippen LogP contribution in [0.1, 0.15) is 22.5 Å². The monoisotopic (exact) mass is 427 g/mol. The van der Waals surface area contributed by atoms with Crippen LogP contribution >= 0.6 is 11.5 Å². The zero-order chi connectivity index (χ0) is 21.0. The van der Waals surface area contributed by atoms with Crippen molar-refractivity contribution in [2.45, 2.75) is 0 Å². The fraction of sp³-hybridized carbons (Fsp3) is 0. The molecule has 3 nitrogen and oxygen atoms in total. The molecule has 3 aliphatic rings. The van der Waals surface area contributed by atoms with E-state index in [1.54, 1.807) is 0 Å². The SMILES string of the molecule is ClB1n2c3c4ccccc4c2C=c2c4ccccc4c(n21)=CC1=NC(=C3)c2ccccc21. The summed E-state index contributed by atoms with van der Waals surface area (Å²) in [5, 5.41) is 7.05. The van der Waals surface area contributed by atoms with Crippen LogP contribution in [0.5, 0.6) is 0 Å². The zero-order valence-corrected chi connectivity index (χ0v) is 17.7. The molecule has 148 valence electrons. The largest absolute Gasteiger partial charge is 0.495 e. The van der Waals surface area contributed by atoms with Crippen LogP contribution in [-0.4, -0.2) is 21.1 Å². The number of hydrogen-bond donors (Lipinski definition) is 0. The van der Waals surface area contributed by atoms with Crippen LogP contribution in [0.25, 0.3) is 45.5 Å². The van der Waals surface area contributed by atoms with Gasteiger partial charge in [-0.05, 0) is 18.2 Å². The lowest BCUT2D eigenvalue weighted by molar-refractivity contribution is 1.01. The van der Waals surface area contributed by atoms with E-state index in [2.05, 4.69) is 100.0 Å². The van der Waals surface area contributed by atoms with E-state index in [9.17, 15) is 0 Å². The topological polar surface area (TPSA) is 22.2 Å². The van der Waals surface area contributed by atoms with Gasteiger partial charge in [0.05, 0.1) is 11.4 Å². The highest BCUT2D eigenvalue weighted by Gasteiger charge is 2.32. The van der Waals surface area contributed by atoms with Crippen molar-refractivity contribution in [1.82, 2.24) is 8.96 Å². The summed E-state index contributed by atoms with van der Waals surface area (Å²) in [5.74, 6) is 0. The van der Waals surface area contributed by atoms with E-state index in [0.717, 1.165) is 44.6 Å². The number of halogens is 1. The first-order valence-electron chi connectivity index (χ1n) is 10.8. The third-order valence-electron chi connectivity index (χ3n) is 6.96. The number of benzene rings is 3. The lowest BCUT2D eigenvalue weighted by atomic mass is 10.0. The van der Waals surface area contributed by atoms with Crippen LogP contribution in [0.3, 0.4) is 0 Å². The van der Waals surface area contributed by atoms with Crippen molar-refractivity contribution in [3.05, 3.63) is 106 Å². The molecule has 5 heteroatoms. The second-order valence-corrected chi connectivity index (χ2v) is 8.93. The van der Waals surface area contributed by atoms with E-state index in [-0.39, 0.29) is 6.40 Å². The minimum atomic E-state index is -0.371.